The van der Waals surface area contributed by atoms with Crippen molar-refractivity contribution in [3.63, 3.8) is 0 Å². The highest BCUT2D eigenvalue weighted by molar-refractivity contribution is 7.99. The zero-order valence-electron chi connectivity index (χ0n) is 12.1. The van der Waals surface area contributed by atoms with E-state index in [2.05, 4.69) is 4.90 Å². The number of halogens is 1. The summed E-state index contributed by atoms with van der Waals surface area (Å²) in [5, 5.41) is 0. The van der Waals surface area contributed by atoms with E-state index in [9.17, 15) is 9.18 Å². The van der Waals surface area contributed by atoms with Gasteiger partial charge < -0.3 is 4.90 Å². The summed E-state index contributed by atoms with van der Waals surface area (Å²) in [5.74, 6) is 2.43. The van der Waals surface area contributed by atoms with E-state index in [0.717, 1.165) is 25.2 Å². The molecule has 0 bridgehead atoms. The highest BCUT2D eigenvalue weighted by atomic mass is 32.2. The Bertz CT molecular complexity index is 488. The lowest BCUT2D eigenvalue weighted by Gasteiger charge is -2.26. The molecule has 0 aliphatic carbocycles. The van der Waals surface area contributed by atoms with Gasteiger partial charge in [-0.25, -0.2) is 4.39 Å². The first-order chi connectivity index (χ1) is 10.2. The number of rotatable bonds is 3. The van der Waals surface area contributed by atoms with Gasteiger partial charge in [-0.2, -0.15) is 11.8 Å². The van der Waals surface area contributed by atoms with Gasteiger partial charge in [0.2, 0.25) is 5.91 Å². The molecular formula is C16H21FN2OS. The molecule has 2 aliphatic heterocycles. The molecule has 1 amide bonds. The van der Waals surface area contributed by atoms with Crippen LogP contribution in [-0.4, -0.2) is 52.9 Å². The molecule has 0 aromatic heterocycles. The molecule has 3 rings (SSSR count). The predicted octanol–water partition coefficient (Wildman–Crippen LogP) is 2.37. The van der Waals surface area contributed by atoms with Crippen molar-refractivity contribution in [1.29, 1.82) is 0 Å². The fourth-order valence-electron chi connectivity index (χ4n) is 3.04. The highest BCUT2D eigenvalue weighted by Gasteiger charge is 2.27. The van der Waals surface area contributed by atoms with Crippen LogP contribution >= 0.6 is 11.8 Å². The number of benzene rings is 1. The molecule has 0 radical (unpaired) electrons. The lowest BCUT2D eigenvalue weighted by Crippen LogP contribution is -2.38. The molecule has 1 unspecified atom stereocenters. The van der Waals surface area contributed by atoms with Crippen molar-refractivity contribution in [2.45, 2.75) is 25.4 Å². The van der Waals surface area contributed by atoms with Crippen molar-refractivity contribution in [3.8, 4) is 0 Å². The lowest BCUT2D eigenvalue weighted by atomic mass is 10.2. The van der Waals surface area contributed by atoms with Crippen molar-refractivity contribution < 1.29 is 9.18 Å². The summed E-state index contributed by atoms with van der Waals surface area (Å²) in [6.45, 7) is 3.20. The first kappa shape index (κ1) is 14.9. The molecule has 1 atom stereocenters. The van der Waals surface area contributed by atoms with E-state index in [0.29, 0.717) is 19.0 Å². The molecule has 5 heteroatoms. The van der Waals surface area contributed by atoms with E-state index in [1.807, 2.05) is 16.7 Å². The van der Waals surface area contributed by atoms with Crippen molar-refractivity contribution >= 4 is 17.7 Å². The minimum Gasteiger partial charge on any atom is -0.337 e. The Kier molecular flexibility index (Phi) is 4.80. The summed E-state index contributed by atoms with van der Waals surface area (Å²) in [6.07, 6.45) is 1.85. The Morgan fingerprint density at radius 2 is 2.00 bits per heavy atom. The second kappa shape index (κ2) is 6.79. The van der Waals surface area contributed by atoms with E-state index in [1.165, 1.54) is 30.1 Å². The number of thioether (sulfide) groups is 1. The second-order valence-corrected chi connectivity index (χ2v) is 6.89. The number of amides is 1. The Balaban J connectivity index is 1.60. The monoisotopic (exact) mass is 308 g/mol. The summed E-state index contributed by atoms with van der Waals surface area (Å²) in [4.78, 5) is 16.7. The van der Waals surface area contributed by atoms with Crippen LogP contribution < -0.4 is 0 Å². The van der Waals surface area contributed by atoms with Crippen LogP contribution in [-0.2, 0) is 11.3 Å². The maximum Gasteiger partial charge on any atom is 0.224 e. The van der Waals surface area contributed by atoms with Gasteiger partial charge >= 0.3 is 0 Å². The smallest absolute Gasteiger partial charge is 0.224 e. The van der Waals surface area contributed by atoms with E-state index in [-0.39, 0.29) is 11.7 Å². The van der Waals surface area contributed by atoms with Crippen molar-refractivity contribution in [1.82, 2.24) is 9.80 Å². The van der Waals surface area contributed by atoms with Gasteiger partial charge in [0.05, 0.1) is 0 Å². The fraction of sp³-hybridized carbons (Fsp3) is 0.562. The van der Waals surface area contributed by atoms with Crippen LogP contribution in [0.2, 0.25) is 0 Å². The van der Waals surface area contributed by atoms with Crippen LogP contribution in [0, 0.1) is 5.82 Å². The SMILES string of the molecule is O=C1CCN(C2CCSC2)CCN1Cc1ccc(F)cc1. The molecule has 0 saturated carbocycles. The third kappa shape index (κ3) is 3.77. The number of carbonyl (C=O) groups is 1. The average molecular weight is 308 g/mol. The summed E-state index contributed by atoms with van der Waals surface area (Å²) in [7, 11) is 0. The number of nitrogens with zero attached hydrogens (tertiary/aromatic N) is 2. The molecule has 0 spiro atoms. The average Bonchev–Trinajstić information content (AvgIpc) is 2.96. The summed E-state index contributed by atoms with van der Waals surface area (Å²) in [6, 6.07) is 7.09. The lowest BCUT2D eigenvalue weighted by molar-refractivity contribution is -0.130. The largest absolute Gasteiger partial charge is 0.337 e. The van der Waals surface area contributed by atoms with Crippen LogP contribution in [0.4, 0.5) is 4.39 Å². The van der Waals surface area contributed by atoms with Crippen LogP contribution in [0.5, 0.6) is 0 Å². The molecule has 2 heterocycles. The minimum atomic E-state index is -0.231. The third-order valence-corrected chi connectivity index (χ3v) is 5.48. The summed E-state index contributed by atoms with van der Waals surface area (Å²) >= 11 is 2.01. The molecule has 2 saturated heterocycles. The zero-order valence-corrected chi connectivity index (χ0v) is 12.9. The molecule has 2 fully saturated rings. The van der Waals surface area contributed by atoms with E-state index in [1.54, 1.807) is 12.1 Å². The Morgan fingerprint density at radius 1 is 1.19 bits per heavy atom. The molecule has 2 aliphatic rings. The molecule has 21 heavy (non-hydrogen) atoms. The molecular weight excluding hydrogens is 287 g/mol. The normalized spacial score (nSPS) is 24.3. The molecule has 1 aromatic rings. The van der Waals surface area contributed by atoms with Gasteiger partial charge in [0.15, 0.2) is 0 Å². The standard InChI is InChI=1S/C16H21FN2OS/c17-14-3-1-13(2-4-14)11-19-9-8-18(7-5-16(19)20)15-6-10-21-12-15/h1-4,15H,5-12H2. The summed E-state index contributed by atoms with van der Waals surface area (Å²) in [5.41, 5.74) is 0.995. The Hall–Kier alpha value is -1.07. The Morgan fingerprint density at radius 3 is 2.71 bits per heavy atom. The predicted molar refractivity (Wildman–Crippen MR) is 83.7 cm³/mol. The maximum absolute atomic E-state index is 12.9. The van der Waals surface area contributed by atoms with Gasteiger partial charge in [-0.3, -0.25) is 9.69 Å². The molecule has 1 aromatic carbocycles. The molecule has 0 N–H and O–H groups in total. The number of carbonyl (C=O) groups excluding carboxylic acids is 1. The first-order valence-electron chi connectivity index (χ1n) is 7.56. The zero-order chi connectivity index (χ0) is 14.7. The minimum absolute atomic E-state index is 0.215. The van der Waals surface area contributed by atoms with Gasteiger partial charge in [0.1, 0.15) is 5.82 Å². The van der Waals surface area contributed by atoms with Gasteiger partial charge in [-0.05, 0) is 29.9 Å². The second-order valence-electron chi connectivity index (χ2n) is 5.75. The van der Waals surface area contributed by atoms with Gasteiger partial charge in [-0.1, -0.05) is 12.1 Å². The maximum atomic E-state index is 12.9. The van der Waals surface area contributed by atoms with Crippen LogP contribution in [0.15, 0.2) is 24.3 Å². The highest BCUT2D eigenvalue weighted by Crippen LogP contribution is 2.23. The topological polar surface area (TPSA) is 23.6 Å². The number of hydrogen-bond donors (Lipinski definition) is 0. The van der Waals surface area contributed by atoms with Crippen molar-refractivity contribution in [3.05, 3.63) is 35.6 Å². The van der Waals surface area contributed by atoms with Crippen molar-refractivity contribution in [2.75, 3.05) is 31.1 Å². The van der Waals surface area contributed by atoms with E-state index < -0.39 is 0 Å². The van der Waals surface area contributed by atoms with Gasteiger partial charge in [0.25, 0.3) is 0 Å². The quantitative estimate of drug-likeness (QED) is 0.856. The van der Waals surface area contributed by atoms with Crippen LogP contribution in [0.1, 0.15) is 18.4 Å². The summed E-state index contributed by atoms with van der Waals surface area (Å²) < 4.78 is 12.9. The third-order valence-electron chi connectivity index (χ3n) is 4.33. The van der Waals surface area contributed by atoms with Crippen LogP contribution in [0.3, 0.4) is 0 Å². The Labute approximate surface area is 129 Å². The van der Waals surface area contributed by atoms with Gasteiger partial charge in [0, 0.05) is 44.4 Å². The van der Waals surface area contributed by atoms with Crippen LogP contribution in [0.25, 0.3) is 0 Å². The molecule has 114 valence electrons. The van der Waals surface area contributed by atoms with E-state index in [4.69, 9.17) is 0 Å². The first-order valence-corrected chi connectivity index (χ1v) is 8.72. The molecule has 3 nitrogen and oxygen atoms in total. The fourth-order valence-corrected chi connectivity index (χ4v) is 4.29. The van der Waals surface area contributed by atoms with E-state index >= 15 is 0 Å². The van der Waals surface area contributed by atoms with Crippen molar-refractivity contribution in [2.24, 2.45) is 0 Å². The van der Waals surface area contributed by atoms with Gasteiger partial charge in [-0.15, -0.1) is 0 Å². The number of hydrogen-bond acceptors (Lipinski definition) is 3.